The molecule has 0 aliphatic carbocycles. The first kappa shape index (κ1) is 16.0. The summed E-state index contributed by atoms with van der Waals surface area (Å²) in [4.78, 5) is 10.1. The first-order valence-corrected chi connectivity index (χ1v) is 7.13. The molecular weight excluding hydrogens is 304 g/mol. The van der Waals surface area contributed by atoms with Crippen molar-refractivity contribution in [2.24, 2.45) is 0 Å². The Labute approximate surface area is 133 Å². The van der Waals surface area contributed by atoms with Gasteiger partial charge in [-0.1, -0.05) is 23.7 Å². The van der Waals surface area contributed by atoms with Crippen LogP contribution >= 0.6 is 11.6 Å². The van der Waals surface area contributed by atoms with Crippen LogP contribution in [0, 0.1) is 15.3 Å². The van der Waals surface area contributed by atoms with Crippen molar-refractivity contribution in [1.82, 2.24) is 0 Å². The highest BCUT2D eigenvalue weighted by Gasteiger charge is 2.11. The Bertz CT molecular complexity index is 682. The minimum Gasteiger partial charge on any atom is -0.624 e. The van der Waals surface area contributed by atoms with Gasteiger partial charge in [0.2, 0.25) is 0 Å². The molecule has 0 radical (unpaired) electrons. The maximum Gasteiger partial charge on any atom is 0.269 e. The molecule has 0 aromatic heterocycles. The highest BCUT2D eigenvalue weighted by molar-refractivity contribution is 6.30. The molecule has 5 nitrogen and oxygen atoms in total. The van der Waals surface area contributed by atoms with Crippen molar-refractivity contribution >= 4 is 23.5 Å². The lowest BCUT2D eigenvalue weighted by Gasteiger charge is -2.12. The first-order chi connectivity index (χ1) is 10.5. The van der Waals surface area contributed by atoms with Gasteiger partial charge in [0, 0.05) is 29.1 Å². The van der Waals surface area contributed by atoms with E-state index in [4.69, 9.17) is 11.6 Å². The van der Waals surface area contributed by atoms with Gasteiger partial charge in [-0.3, -0.25) is 10.1 Å². The smallest absolute Gasteiger partial charge is 0.269 e. The van der Waals surface area contributed by atoms with E-state index in [0.29, 0.717) is 17.0 Å². The van der Waals surface area contributed by atoms with Crippen LogP contribution in [0.4, 0.5) is 5.69 Å². The third-order valence-electron chi connectivity index (χ3n) is 3.26. The molecule has 1 atom stereocenters. The van der Waals surface area contributed by atoms with Crippen LogP contribution in [0.5, 0.6) is 0 Å². The molecule has 0 aliphatic rings. The fraction of sp³-hybridized carbons (Fsp3) is 0.188. The average molecular weight is 319 g/mol. The molecule has 22 heavy (non-hydrogen) atoms. The third-order valence-corrected chi connectivity index (χ3v) is 3.51. The van der Waals surface area contributed by atoms with E-state index in [0.717, 1.165) is 10.3 Å². The van der Waals surface area contributed by atoms with Gasteiger partial charge >= 0.3 is 0 Å². The second kappa shape index (κ2) is 7.04. The maximum absolute atomic E-state index is 12.1. The zero-order valence-electron chi connectivity index (χ0n) is 12.0. The van der Waals surface area contributed by atoms with E-state index in [1.54, 1.807) is 24.3 Å². The van der Waals surface area contributed by atoms with Gasteiger partial charge in [0.15, 0.2) is 12.3 Å². The Hall–Kier alpha value is -2.40. The zero-order chi connectivity index (χ0) is 16.1. The summed E-state index contributed by atoms with van der Waals surface area (Å²) < 4.78 is 0.857. The largest absolute Gasteiger partial charge is 0.624 e. The molecule has 0 fully saturated rings. The second-order valence-electron chi connectivity index (χ2n) is 5.02. The van der Waals surface area contributed by atoms with Crippen LogP contribution in [0.1, 0.15) is 18.1 Å². The molecule has 6 heteroatoms. The van der Waals surface area contributed by atoms with Crippen LogP contribution in [0.15, 0.2) is 48.5 Å². The number of nitro benzene ring substituents is 1. The van der Waals surface area contributed by atoms with E-state index < -0.39 is 4.92 Å². The predicted octanol–water partition coefficient (Wildman–Crippen LogP) is 3.81. The number of hydrogen-bond donors (Lipinski definition) is 0. The lowest BCUT2D eigenvalue weighted by Crippen LogP contribution is -2.21. The fourth-order valence-electron chi connectivity index (χ4n) is 2.01. The van der Waals surface area contributed by atoms with Crippen molar-refractivity contribution in [3.05, 3.63) is 80.0 Å². The van der Waals surface area contributed by atoms with Crippen molar-refractivity contribution in [2.45, 2.75) is 19.4 Å². The Morgan fingerprint density at radius 1 is 1.09 bits per heavy atom. The van der Waals surface area contributed by atoms with Crippen LogP contribution < -0.4 is 0 Å². The van der Waals surface area contributed by atoms with E-state index in [1.165, 1.54) is 18.3 Å². The molecule has 0 N–H and O–H groups in total. The molecule has 114 valence electrons. The number of hydrogen-bond acceptors (Lipinski definition) is 3. The lowest BCUT2D eigenvalue weighted by atomic mass is 10.1. The summed E-state index contributed by atoms with van der Waals surface area (Å²) in [5, 5.41) is 23.3. The molecule has 2 aromatic carbocycles. The summed E-state index contributed by atoms with van der Waals surface area (Å²) in [6.45, 7) is 1.82. The fourth-order valence-corrected chi connectivity index (χ4v) is 2.13. The van der Waals surface area contributed by atoms with Crippen molar-refractivity contribution in [3.63, 3.8) is 0 Å². The number of benzene rings is 2. The molecular formula is C16H15ClN2O3. The van der Waals surface area contributed by atoms with Gasteiger partial charge in [-0.05, 0) is 36.8 Å². The normalized spacial score (nSPS) is 12.9. The number of rotatable bonds is 5. The molecule has 2 aromatic rings. The molecule has 0 heterocycles. The number of nitro groups is 1. The number of halogens is 1. The molecule has 0 amide bonds. The van der Waals surface area contributed by atoms with Crippen LogP contribution in [0.25, 0.3) is 0 Å². The van der Waals surface area contributed by atoms with Gasteiger partial charge in [0.05, 0.1) is 4.92 Å². The van der Waals surface area contributed by atoms with Gasteiger partial charge in [-0.15, -0.1) is 0 Å². The van der Waals surface area contributed by atoms with E-state index >= 15 is 0 Å². The van der Waals surface area contributed by atoms with Gasteiger partial charge in [-0.25, -0.2) is 4.74 Å². The van der Waals surface area contributed by atoms with Crippen molar-refractivity contribution in [2.75, 3.05) is 0 Å². The molecule has 2 rings (SSSR count). The van der Waals surface area contributed by atoms with Gasteiger partial charge in [0.25, 0.3) is 5.69 Å². The van der Waals surface area contributed by atoms with Crippen LogP contribution in [-0.4, -0.2) is 21.9 Å². The predicted molar refractivity (Wildman–Crippen MR) is 86.5 cm³/mol. The first-order valence-electron chi connectivity index (χ1n) is 6.75. The molecule has 0 aliphatic heterocycles. The highest BCUT2D eigenvalue weighted by Crippen LogP contribution is 2.13. The second-order valence-corrected chi connectivity index (χ2v) is 5.45. The topological polar surface area (TPSA) is 69.2 Å². The molecule has 1 unspecified atom stereocenters. The van der Waals surface area contributed by atoms with Gasteiger partial charge in [0.1, 0.15) is 0 Å². The Kier molecular flexibility index (Phi) is 5.12. The molecule has 0 bridgehead atoms. The van der Waals surface area contributed by atoms with Crippen molar-refractivity contribution < 1.29 is 9.66 Å². The zero-order valence-corrected chi connectivity index (χ0v) is 12.7. The standard InChI is InChI=1S/C16H15ClN2O3/c1-12(10-13-2-6-15(17)7-3-13)18(20)11-14-4-8-16(9-5-14)19(21)22/h2-9,11-12H,10H2,1H3/b18-11+. The minimum absolute atomic E-state index is 0.00353. The number of nitrogens with zero attached hydrogens (tertiary/aromatic N) is 2. The van der Waals surface area contributed by atoms with Gasteiger partial charge in [-0.2, -0.15) is 0 Å². The third kappa shape index (κ3) is 4.30. The Balaban J connectivity index is 2.07. The molecule has 0 saturated carbocycles. The summed E-state index contributed by atoms with van der Waals surface area (Å²) in [7, 11) is 0. The molecule has 0 spiro atoms. The van der Waals surface area contributed by atoms with E-state index in [1.807, 2.05) is 19.1 Å². The Morgan fingerprint density at radius 2 is 1.68 bits per heavy atom. The minimum atomic E-state index is -0.470. The van der Waals surface area contributed by atoms with Crippen LogP contribution in [-0.2, 0) is 6.42 Å². The van der Waals surface area contributed by atoms with E-state index in [9.17, 15) is 15.3 Å². The van der Waals surface area contributed by atoms with Crippen molar-refractivity contribution in [3.8, 4) is 0 Å². The maximum atomic E-state index is 12.1. The van der Waals surface area contributed by atoms with Crippen LogP contribution in [0.3, 0.4) is 0 Å². The lowest BCUT2D eigenvalue weighted by molar-refractivity contribution is -0.491. The summed E-state index contributed by atoms with van der Waals surface area (Å²) >= 11 is 5.83. The number of non-ortho nitro benzene ring substituents is 1. The SMILES string of the molecule is CC(Cc1ccc(Cl)cc1)/[N+]([O-])=C\c1ccc([N+](=O)[O-])cc1. The number of hydroxylamine groups is 1. The summed E-state index contributed by atoms with van der Waals surface area (Å²) in [6, 6.07) is 13.0. The van der Waals surface area contributed by atoms with Crippen molar-refractivity contribution in [1.29, 1.82) is 0 Å². The average Bonchev–Trinajstić information content (AvgIpc) is 2.50. The van der Waals surface area contributed by atoms with E-state index in [-0.39, 0.29) is 11.7 Å². The summed E-state index contributed by atoms with van der Waals surface area (Å²) in [5.74, 6) is 0. The highest BCUT2D eigenvalue weighted by atomic mass is 35.5. The summed E-state index contributed by atoms with van der Waals surface area (Å²) in [6.07, 6.45) is 2.02. The van der Waals surface area contributed by atoms with Gasteiger partial charge < -0.3 is 5.21 Å². The van der Waals surface area contributed by atoms with E-state index in [2.05, 4.69) is 0 Å². The van der Waals surface area contributed by atoms with Crippen LogP contribution in [0.2, 0.25) is 5.02 Å². The Morgan fingerprint density at radius 3 is 2.23 bits per heavy atom. The quantitative estimate of drug-likeness (QED) is 0.277. The summed E-state index contributed by atoms with van der Waals surface area (Å²) in [5.41, 5.74) is 1.65. The monoisotopic (exact) mass is 318 g/mol. The molecule has 0 saturated heterocycles.